The molecular weight excluding hydrogens is 436 g/mol. The molecule has 0 aliphatic carbocycles. The van der Waals surface area contributed by atoms with Crippen LogP contribution in [0.4, 0.5) is 0 Å². The highest BCUT2D eigenvalue weighted by Crippen LogP contribution is 2.30. The van der Waals surface area contributed by atoms with E-state index in [1.54, 1.807) is 17.7 Å². The summed E-state index contributed by atoms with van der Waals surface area (Å²) in [7, 11) is 1.33. The number of allylic oxidation sites excluding steroid dienone is 1. The van der Waals surface area contributed by atoms with Gasteiger partial charge in [-0.15, -0.1) is 0 Å². The minimum absolute atomic E-state index is 0.221. The zero-order valence-corrected chi connectivity index (χ0v) is 18.8. The Bertz CT molecular complexity index is 1550. The summed E-state index contributed by atoms with van der Waals surface area (Å²) in [5.41, 5.74) is 4.08. The largest absolute Gasteiger partial charge is 0.466 e. The number of thiazole rings is 1. The van der Waals surface area contributed by atoms with Crippen molar-refractivity contribution in [2.75, 3.05) is 7.11 Å². The van der Waals surface area contributed by atoms with Crippen molar-refractivity contribution in [2.45, 2.75) is 13.0 Å². The van der Waals surface area contributed by atoms with E-state index in [9.17, 15) is 9.59 Å². The van der Waals surface area contributed by atoms with Crippen LogP contribution in [0, 0.1) is 0 Å². The molecule has 1 N–H and O–H groups in total. The molecule has 1 atom stereocenters. The molecular formula is C25H20N4O3S. The van der Waals surface area contributed by atoms with Crippen LogP contribution < -0.4 is 14.9 Å². The summed E-state index contributed by atoms with van der Waals surface area (Å²) in [6.45, 7) is 1.77. The van der Waals surface area contributed by atoms with Gasteiger partial charge in [0.1, 0.15) is 0 Å². The van der Waals surface area contributed by atoms with Crippen molar-refractivity contribution in [3.8, 4) is 11.3 Å². The van der Waals surface area contributed by atoms with Crippen LogP contribution in [0.5, 0.6) is 0 Å². The van der Waals surface area contributed by atoms with Gasteiger partial charge >= 0.3 is 5.97 Å². The number of hydrogen-bond donors (Lipinski definition) is 1. The van der Waals surface area contributed by atoms with E-state index in [0.717, 1.165) is 22.4 Å². The third kappa shape index (κ3) is 3.64. The minimum Gasteiger partial charge on any atom is -0.466 e. The second kappa shape index (κ2) is 8.48. The van der Waals surface area contributed by atoms with Crippen molar-refractivity contribution in [3.63, 3.8) is 0 Å². The maximum atomic E-state index is 13.6. The summed E-state index contributed by atoms with van der Waals surface area (Å²) >= 11 is 1.29. The maximum absolute atomic E-state index is 13.6. The molecule has 2 aromatic heterocycles. The number of ether oxygens (including phenoxy) is 1. The lowest BCUT2D eigenvalue weighted by atomic mass is 9.96. The lowest BCUT2D eigenvalue weighted by Crippen LogP contribution is -2.39. The van der Waals surface area contributed by atoms with Crippen molar-refractivity contribution in [1.82, 2.24) is 14.8 Å². The maximum Gasteiger partial charge on any atom is 0.338 e. The Morgan fingerprint density at radius 2 is 1.82 bits per heavy atom. The zero-order valence-electron chi connectivity index (χ0n) is 18.0. The Labute approximate surface area is 193 Å². The number of H-pyrrole nitrogens is 1. The molecule has 0 unspecified atom stereocenters. The number of esters is 1. The zero-order chi connectivity index (χ0) is 22.9. The van der Waals surface area contributed by atoms with Gasteiger partial charge in [-0.3, -0.25) is 14.5 Å². The Kier molecular flexibility index (Phi) is 5.35. The SMILES string of the molecule is COC(=O)C1=C(C)N=c2s/c(=C\c3cn[nH]c3-c3ccccc3)c(=O)n2[C@H]1c1ccccc1. The lowest BCUT2D eigenvalue weighted by molar-refractivity contribution is -0.136. The molecule has 0 radical (unpaired) electrons. The van der Waals surface area contributed by atoms with Crippen LogP contribution in [0.25, 0.3) is 17.3 Å². The molecule has 5 rings (SSSR count). The number of aromatic nitrogens is 3. The molecule has 33 heavy (non-hydrogen) atoms. The molecule has 164 valence electrons. The van der Waals surface area contributed by atoms with E-state index in [1.165, 1.54) is 18.4 Å². The normalized spacial score (nSPS) is 15.8. The van der Waals surface area contributed by atoms with Crippen molar-refractivity contribution < 1.29 is 9.53 Å². The van der Waals surface area contributed by atoms with Crippen LogP contribution in [-0.4, -0.2) is 27.8 Å². The molecule has 1 aliphatic heterocycles. The summed E-state index contributed by atoms with van der Waals surface area (Å²) in [4.78, 5) is 31.4. The van der Waals surface area contributed by atoms with Gasteiger partial charge in [0.15, 0.2) is 4.80 Å². The number of benzene rings is 2. The average molecular weight is 457 g/mol. The van der Waals surface area contributed by atoms with Gasteiger partial charge in [0.2, 0.25) is 0 Å². The van der Waals surface area contributed by atoms with Crippen LogP contribution in [0.1, 0.15) is 24.1 Å². The molecule has 0 saturated carbocycles. The van der Waals surface area contributed by atoms with Crippen LogP contribution in [0.3, 0.4) is 0 Å². The van der Waals surface area contributed by atoms with Crippen LogP contribution in [0.2, 0.25) is 0 Å². The molecule has 7 nitrogen and oxygen atoms in total. The van der Waals surface area contributed by atoms with Gasteiger partial charge in [-0.1, -0.05) is 72.0 Å². The molecule has 4 aromatic rings. The monoisotopic (exact) mass is 456 g/mol. The standard InChI is InChI=1S/C25H20N4O3S/c1-15-20(24(31)32-2)22(17-11-7-4-8-12-17)29-23(30)19(33-25(29)27-15)13-18-14-26-28-21(18)16-9-5-3-6-10-16/h3-14,22H,1-2H3,(H,26,28)/b19-13-/t22-/m0/s1. The quantitative estimate of drug-likeness (QED) is 0.478. The van der Waals surface area contributed by atoms with Crippen molar-refractivity contribution in [3.05, 3.63) is 109 Å². The van der Waals surface area contributed by atoms with Gasteiger partial charge in [-0.2, -0.15) is 5.10 Å². The van der Waals surface area contributed by atoms with Gasteiger partial charge in [-0.25, -0.2) is 9.79 Å². The molecule has 2 aromatic carbocycles. The average Bonchev–Trinajstić information content (AvgIpc) is 3.43. The summed E-state index contributed by atoms with van der Waals surface area (Å²) in [6.07, 6.45) is 3.51. The number of nitrogens with zero attached hydrogens (tertiary/aromatic N) is 3. The van der Waals surface area contributed by atoms with Gasteiger partial charge in [0.25, 0.3) is 5.56 Å². The Morgan fingerprint density at radius 3 is 2.52 bits per heavy atom. The Balaban J connectivity index is 1.72. The first-order valence-corrected chi connectivity index (χ1v) is 11.1. The fourth-order valence-corrected chi connectivity index (χ4v) is 5.06. The van der Waals surface area contributed by atoms with E-state index in [-0.39, 0.29) is 5.56 Å². The van der Waals surface area contributed by atoms with E-state index in [2.05, 4.69) is 15.2 Å². The Hall–Kier alpha value is -4.04. The number of rotatable bonds is 4. The number of nitrogens with one attached hydrogen (secondary N) is 1. The Morgan fingerprint density at radius 1 is 1.12 bits per heavy atom. The van der Waals surface area contributed by atoms with Crippen molar-refractivity contribution >= 4 is 23.4 Å². The number of carbonyl (C=O) groups excluding carboxylic acids is 1. The smallest absolute Gasteiger partial charge is 0.338 e. The second-order valence-electron chi connectivity index (χ2n) is 7.55. The van der Waals surface area contributed by atoms with E-state index < -0.39 is 12.0 Å². The molecule has 3 heterocycles. The summed E-state index contributed by atoms with van der Waals surface area (Å²) in [5.74, 6) is -0.499. The number of aromatic amines is 1. The van der Waals surface area contributed by atoms with Gasteiger partial charge < -0.3 is 4.74 Å². The van der Waals surface area contributed by atoms with Gasteiger partial charge in [0.05, 0.1) is 40.8 Å². The molecule has 8 heteroatoms. The molecule has 0 spiro atoms. The van der Waals surface area contributed by atoms with Gasteiger partial charge in [-0.05, 0) is 18.6 Å². The fraction of sp³-hybridized carbons (Fsp3) is 0.120. The van der Waals surface area contributed by atoms with Crippen LogP contribution >= 0.6 is 11.3 Å². The van der Waals surface area contributed by atoms with Crippen molar-refractivity contribution in [2.24, 2.45) is 4.99 Å². The molecule has 0 saturated heterocycles. The molecule has 1 aliphatic rings. The van der Waals surface area contributed by atoms with Gasteiger partial charge in [0, 0.05) is 11.1 Å². The fourth-order valence-electron chi connectivity index (χ4n) is 4.03. The highest BCUT2D eigenvalue weighted by atomic mass is 32.1. The summed E-state index contributed by atoms with van der Waals surface area (Å²) in [6, 6.07) is 18.6. The summed E-state index contributed by atoms with van der Waals surface area (Å²) in [5, 5.41) is 7.19. The van der Waals surface area contributed by atoms with E-state index in [4.69, 9.17) is 4.74 Å². The first-order chi connectivity index (χ1) is 16.1. The number of methoxy groups -OCH3 is 1. The first kappa shape index (κ1) is 20.8. The predicted octanol–water partition coefficient (Wildman–Crippen LogP) is 2.80. The third-order valence-electron chi connectivity index (χ3n) is 5.56. The topological polar surface area (TPSA) is 89.3 Å². The molecule has 0 fully saturated rings. The number of hydrogen-bond acceptors (Lipinski definition) is 6. The highest BCUT2D eigenvalue weighted by molar-refractivity contribution is 7.07. The highest BCUT2D eigenvalue weighted by Gasteiger charge is 2.32. The third-order valence-corrected chi connectivity index (χ3v) is 6.54. The van der Waals surface area contributed by atoms with E-state index in [1.807, 2.05) is 66.7 Å². The van der Waals surface area contributed by atoms with E-state index in [0.29, 0.717) is 20.6 Å². The minimum atomic E-state index is -0.616. The van der Waals surface area contributed by atoms with Crippen LogP contribution in [-0.2, 0) is 9.53 Å². The molecule has 0 bridgehead atoms. The second-order valence-corrected chi connectivity index (χ2v) is 8.56. The molecule has 0 amide bonds. The summed E-state index contributed by atoms with van der Waals surface area (Å²) < 4.78 is 7.12. The number of carbonyl (C=O) groups is 1. The van der Waals surface area contributed by atoms with Crippen LogP contribution in [0.15, 0.2) is 87.9 Å². The first-order valence-electron chi connectivity index (χ1n) is 10.3. The van der Waals surface area contributed by atoms with E-state index >= 15 is 0 Å². The number of fused-ring (bicyclic) bond motifs is 1. The van der Waals surface area contributed by atoms with Crippen molar-refractivity contribution in [1.29, 1.82) is 0 Å². The predicted molar refractivity (Wildman–Crippen MR) is 126 cm³/mol. The lowest BCUT2D eigenvalue weighted by Gasteiger charge is -2.24.